The molecule has 2 saturated heterocycles. The highest BCUT2D eigenvalue weighted by atomic mass is 16.5. The van der Waals surface area contributed by atoms with Crippen molar-refractivity contribution in [3.8, 4) is 0 Å². The third-order valence-electron chi connectivity index (χ3n) is 4.68. The number of nitrogens with zero attached hydrogens (tertiary/aromatic N) is 2. The van der Waals surface area contributed by atoms with Gasteiger partial charge in [-0.05, 0) is 12.0 Å². The second-order valence-electron chi connectivity index (χ2n) is 6.44. The maximum atomic E-state index is 12.0. The first-order valence-electron chi connectivity index (χ1n) is 7.74. The molecule has 0 atom stereocenters. The predicted molar refractivity (Wildman–Crippen MR) is 81.8 cm³/mol. The quantitative estimate of drug-likeness (QED) is 0.827. The predicted octanol–water partition coefficient (Wildman–Crippen LogP) is 1.76. The Labute approximate surface area is 126 Å². The maximum Gasteiger partial charge on any atom is 0.224 e. The highest BCUT2D eigenvalue weighted by Crippen LogP contribution is 2.40. The van der Waals surface area contributed by atoms with E-state index in [4.69, 9.17) is 4.74 Å². The molecule has 2 aliphatic heterocycles. The van der Waals surface area contributed by atoms with Crippen LogP contribution in [0, 0.1) is 5.41 Å². The van der Waals surface area contributed by atoms with Gasteiger partial charge in [0.05, 0.1) is 13.0 Å². The molecule has 2 fully saturated rings. The van der Waals surface area contributed by atoms with Crippen LogP contribution in [0.1, 0.15) is 18.4 Å². The molecular formula is C17H24N2O2. The van der Waals surface area contributed by atoms with Gasteiger partial charge in [0.2, 0.25) is 5.91 Å². The highest BCUT2D eigenvalue weighted by Gasteiger charge is 2.48. The number of amides is 1. The molecule has 1 amide bonds. The van der Waals surface area contributed by atoms with Gasteiger partial charge in [0, 0.05) is 45.2 Å². The summed E-state index contributed by atoms with van der Waals surface area (Å²) < 4.78 is 4.99. The lowest BCUT2D eigenvalue weighted by atomic mass is 9.79. The Bertz CT molecular complexity index is 483. The minimum atomic E-state index is 0.246. The highest BCUT2D eigenvalue weighted by molar-refractivity contribution is 5.76. The van der Waals surface area contributed by atoms with Crippen molar-refractivity contribution < 1.29 is 9.53 Å². The Kier molecular flexibility index (Phi) is 4.27. The first kappa shape index (κ1) is 14.5. The van der Waals surface area contributed by atoms with Crippen LogP contribution in [-0.4, -0.2) is 55.6 Å². The lowest BCUT2D eigenvalue weighted by Crippen LogP contribution is -2.57. The molecule has 1 aromatic carbocycles. The summed E-state index contributed by atoms with van der Waals surface area (Å²) in [5.41, 5.74) is 1.73. The van der Waals surface area contributed by atoms with Gasteiger partial charge in [0.15, 0.2) is 0 Å². The molecule has 21 heavy (non-hydrogen) atoms. The number of likely N-dealkylation sites (tertiary alicyclic amines) is 2. The van der Waals surface area contributed by atoms with Crippen molar-refractivity contribution in [3.63, 3.8) is 0 Å². The molecule has 0 aromatic heterocycles. The zero-order valence-corrected chi connectivity index (χ0v) is 12.8. The van der Waals surface area contributed by atoms with Crippen molar-refractivity contribution in [3.05, 3.63) is 35.9 Å². The van der Waals surface area contributed by atoms with Crippen molar-refractivity contribution in [2.24, 2.45) is 5.41 Å². The monoisotopic (exact) mass is 288 g/mol. The molecule has 114 valence electrons. The average molecular weight is 288 g/mol. The van der Waals surface area contributed by atoms with E-state index < -0.39 is 0 Å². The van der Waals surface area contributed by atoms with Gasteiger partial charge in [0.25, 0.3) is 0 Å². The normalized spacial score (nSPS) is 20.7. The molecule has 2 heterocycles. The summed E-state index contributed by atoms with van der Waals surface area (Å²) >= 11 is 0. The summed E-state index contributed by atoms with van der Waals surface area (Å²) in [6.45, 7) is 5.65. The van der Waals surface area contributed by atoms with Gasteiger partial charge in [-0.3, -0.25) is 9.69 Å². The van der Waals surface area contributed by atoms with Gasteiger partial charge in [0.1, 0.15) is 0 Å². The summed E-state index contributed by atoms with van der Waals surface area (Å²) in [6.07, 6.45) is 1.66. The van der Waals surface area contributed by atoms with E-state index in [1.165, 1.54) is 5.56 Å². The molecule has 1 spiro atoms. The standard InChI is InChI=1S/C17H24N2O2/c1-21-10-7-16(20)19-9-8-17(14-19)12-18(13-17)11-15-5-3-2-4-6-15/h2-6H,7-14H2,1H3. The Morgan fingerprint density at radius 2 is 2.00 bits per heavy atom. The Hall–Kier alpha value is -1.39. The lowest BCUT2D eigenvalue weighted by Gasteiger charge is -2.48. The Morgan fingerprint density at radius 3 is 2.71 bits per heavy atom. The fourth-order valence-electron chi connectivity index (χ4n) is 3.61. The Balaban J connectivity index is 1.46. The molecule has 0 aliphatic carbocycles. The number of rotatable bonds is 5. The second kappa shape index (κ2) is 6.16. The number of hydrogen-bond donors (Lipinski definition) is 0. The van der Waals surface area contributed by atoms with E-state index in [2.05, 4.69) is 35.2 Å². The smallest absolute Gasteiger partial charge is 0.224 e. The van der Waals surface area contributed by atoms with Crippen LogP contribution in [0.3, 0.4) is 0 Å². The van der Waals surface area contributed by atoms with Crippen LogP contribution >= 0.6 is 0 Å². The second-order valence-corrected chi connectivity index (χ2v) is 6.44. The molecular weight excluding hydrogens is 264 g/mol. The third-order valence-corrected chi connectivity index (χ3v) is 4.68. The number of ether oxygens (including phenoxy) is 1. The van der Waals surface area contributed by atoms with Crippen molar-refractivity contribution in [1.29, 1.82) is 0 Å². The molecule has 4 heteroatoms. The van der Waals surface area contributed by atoms with Gasteiger partial charge in [-0.15, -0.1) is 0 Å². The number of carbonyl (C=O) groups excluding carboxylic acids is 1. The summed E-state index contributed by atoms with van der Waals surface area (Å²) in [5, 5.41) is 0. The lowest BCUT2D eigenvalue weighted by molar-refractivity contribution is -0.132. The summed E-state index contributed by atoms with van der Waals surface area (Å²) in [5.74, 6) is 0.246. The van der Waals surface area contributed by atoms with Crippen molar-refractivity contribution in [2.45, 2.75) is 19.4 Å². The molecule has 0 bridgehead atoms. The first-order valence-corrected chi connectivity index (χ1v) is 7.74. The van der Waals surface area contributed by atoms with Gasteiger partial charge < -0.3 is 9.64 Å². The van der Waals surface area contributed by atoms with E-state index in [1.807, 2.05) is 4.90 Å². The summed E-state index contributed by atoms with van der Waals surface area (Å²) in [7, 11) is 1.64. The fourth-order valence-corrected chi connectivity index (χ4v) is 3.61. The van der Waals surface area contributed by atoms with Crippen molar-refractivity contribution in [2.75, 3.05) is 39.9 Å². The van der Waals surface area contributed by atoms with Gasteiger partial charge in [-0.2, -0.15) is 0 Å². The van der Waals surface area contributed by atoms with Gasteiger partial charge in [-0.1, -0.05) is 30.3 Å². The van der Waals surface area contributed by atoms with E-state index in [1.54, 1.807) is 7.11 Å². The molecule has 2 aliphatic rings. The molecule has 3 rings (SSSR count). The molecule has 4 nitrogen and oxygen atoms in total. The van der Waals surface area contributed by atoms with Crippen LogP contribution in [0.5, 0.6) is 0 Å². The SMILES string of the molecule is COCCC(=O)N1CCC2(CN(Cc3ccccc3)C2)C1. The van der Waals surface area contributed by atoms with Crippen LogP contribution in [0.2, 0.25) is 0 Å². The zero-order chi connectivity index (χ0) is 14.7. The minimum absolute atomic E-state index is 0.246. The van der Waals surface area contributed by atoms with Crippen molar-refractivity contribution in [1.82, 2.24) is 9.80 Å². The van der Waals surface area contributed by atoms with Crippen LogP contribution in [0.25, 0.3) is 0 Å². The van der Waals surface area contributed by atoms with E-state index in [-0.39, 0.29) is 5.91 Å². The molecule has 0 N–H and O–H groups in total. The number of carbonyl (C=O) groups is 1. The van der Waals surface area contributed by atoms with E-state index in [9.17, 15) is 4.79 Å². The van der Waals surface area contributed by atoms with Gasteiger partial charge >= 0.3 is 0 Å². The number of methoxy groups -OCH3 is 1. The maximum absolute atomic E-state index is 12.0. The summed E-state index contributed by atoms with van der Waals surface area (Å²) in [6, 6.07) is 10.6. The fraction of sp³-hybridized carbons (Fsp3) is 0.588. The van der Waals surface area contributed by atoms with Crippen LogP contribution in [-0.2, 0) is 16.1 Å². The third kappa shape index (κ3) is 3.27. The largest absolute Gasteiger partial charge is 0.384 e. The number of hydrogen-bond acceptors (Lipinski definition) is 3. The average Bonchev–Trinajstić information content (AvgIpc) is 2.91. The first-order chi connectivity index (χ1) is 10.2. The van der Waals surface area contributed by atoms with Crippen LogP contribution in [0.15, 0.2) is 30.3 Å². The minimum Gasteiger partial charge on any atom is -0.384 e. The number of benzene rings is 1. The topological polar surface area (TPSA) is 32.8 Å². The molecule has 1 aromatic rings. The van der Waals surface area contributed by atoms with Gasteiger partial charge in [-0.25, -0.2) is 0 Å². The van der Waals surface area contributed by atoms with Crippen molar-refractivity contribution >= 4 is 5.91 Å². The summed E-state index contributed by atoms with van der Waals surface area (Å²) in [4.78, 5) is 16.5. The van der Waals surface area contributed by atoms with Crippen LogP contribution < -0.4 is 0 Å². The molecule has 0 unspecified atom stereocenters. The zero-order valence-electron chi connectivity index (χ0n) is 12.8. The van der Waals surface area contributed by atoms with E-state index in [0.29, 0.717) is 18.4 Å². The molecule has 0 saturated carbocycles. The Morgan fingerprint density at radius 1 is 1.24 bits per heavy atom. The van der Waals surface area contributed by atoms with Crippen LogP contribution in [0.4, 0.5) is 0 Å². The van der Waals surface area contributed by atoms with E-state index >= 15 is 0 Å². The molecule has 0 radical (unpaired) electrons. The van der Waals surface area contributed by atoms with E-state index in [0.717, 1.165) is 39.1 Å².